The Balaban J connectivity index is 1.97. The van der Waals surface area contributed by atoms with Gasteiger partial charge in [-0.1, -0.05) is 12.1 Å². The largest absolute Gasteiger partial charge is 0.336 e. The summed E-state index contributed by atoms with van der Waals surface area (Å²) in [6, 6.07) is 5.83. The summed E-state index contributed by atoms with van der Waals surface area (Å²) < 4.78 is 27.2. The molecule has 1 amide bonds. The van der Waals surface area contributed by atoms with E-state index in [1.807, 2.05) is 0 Å². The molecule has 7 nitrogen and oxygen atoms in total. The molecular formula is C15H19N3O4S. The van der Waals surface area contributed by atoms with Gasteiger partial charge in [-0.25, -0.2) is 8.42 Å². The molecule has 2 aliphatic heterocycles. The van der Waals surface area contributed by atoms with E-state index >= 15 is 0 Å². The van der Waals surface area contributed by atoms with Gasteiger partial charge in [-0.15, -0.1) is 0 Å². The van der Waals surface area contributed by atoms with Crippen LogP contribution in [0, 0.1) is 0 Å². The van der Waals surface area contributed by atoms with Crippen LogP contribution >= 0.6 is 0 Å². The SMILES string of the molecule is CC(=O)c1ccc(S(=O)(=O)N2CC(=O)NC23CCNCC3)cc1. The van der Waals surface area contributed by atoms with Crippen molar-refractivity contribution in [3.8, 4) is 0 Å². The fraction of sp³-hybridized carbons (Fsp3) is 0.467. The van der Waals surface area contributed by atoms with Gasteiger partial charge < -0.3 is 10.6 Å². The second-order valence-electron chi connectivity index (χ2n) is 5.92. The summed E-state index contributed by atoms with van der Waals surface area (Å²) in [5, 5.41) is 6.01. The Labute approximate surface area is 135 Å². The van der Waals surface area contributed by atoms with Crippen molar-refractivity contribution >= 4 is 21.7 Å². The van der Waals surface area contributed by atoms with Crippen LogP contribution in [-0.2, 0) is 14.8 Å². The van der Waals surface area contributed by atoms with Crippen LogP contribution in [0.15, 0.2) is 29.2 Å². The summed E-state index contributed by atoms with van der Waals surface area (Å²) in [5.74, 6) is -0.405. The van der Waals surface area contributed by atoms with E-state index in [2.05, 4.69) is 10.6 Å². The summed E-state index contributed by atoms with van der Waals surface area (Å²) in [6.45, 7) is 2.55. The highest BCUT2D eigenvalue weighted by Gasteiger charge is 2.51. The van der Waals surface area contributed by atoms with Crippen molar-refractivity contribution in [2.24, 2.45) is 0 Å². The summed E-state index contributed by atoms with van der Waals surface area (Å²) in [6.07, 6.45) is 1.06. The molecule has 23 heavy (non-hydrogen) atoms. The Morgan fingerprint density at radius 2 is 1.78 bits per heavy atom. The molecule has 1 aromatic carbocycles. The molecule has 1 spiro atoms. The Hall–Kier alpha value is -1.77. The lowest BCUT2D eigenvalue weighted by molar-refractivity contribution is -0.119. The summed E-state index contributed by atoms with van der Waals surface area (Å²) >= 11 is 0. The van der Waals surface area contributed by atoms with Crippen molar-refractivity contribution in [2.45, 2.75) is 30.3 Å². The molecule has 3 rings (SSSR count). The number of hydrogen-bond donors (Lipinski definition) is 2. The van der Waals surface area contributed by atoms with Crippen LogP contribution in [-0.4, -0.2) is 49.7 Å². The van der Waals surface area contributed by atoms with Crippen LogP contribution in [0.3, 0.4) is 0 Å². The molecule has 2 saturated heterocycles. The first-order chi connectivity index (χ1) is 10.8. The maximum Gasteiger partial charge on any atom is 0.245 e. The van der Waals surface area contributed by atoms with E-state index in [4.69, 9.17) is 0 Å². The standard InChI is InChI=1S/C15H19N3O4S/c1-11(19)12-2-4-13(5-3-12)23(21,22)18-10-14(20)17-15(18)6-8-16-9-7-15/h2-5,16H,6-10H2,1H3,(H,17,20). The van der Waals surface area contributed by atoms with Crippen LogP contribution < -0.4 is 10.6 Å². The molecule has 0 saturated carbocycles. The average molecular weight is 337 g/mol. The Bertz CT molecular complexity index is 736. The molecular weight excluding hydrogens is 318 g/mol. The first-order valence-electron chi connectivity index (χ1n) is 7.51. The first kappa shape index (κ1) is 16.1. The van der Waals surface area contributed by atoms with Gasteiger partial charge in [0.15, 0.2) is 5.78 Å². The van der Waals surface area contributed by atoms with Gasteiger partial charge in [0, 0.05) is 5.56 Å². The van der Waals surface area contributed by atoms with Crippen molar-refractivity contribution in [1.29, 1.82) is 0 Å². The monoisotopic (exact) mass is 337 g/mol. The van der Waals surface area contributed by atoms with Gasteiger partial charge in [-0.2, -0.15) is 4.31 Å². The molecule has 0 radical (unpaired) electrons. The molecule has 2 heterocycles. The molecule has 2 N–H and O–H groups in total. The topological polar surface area (TPSA) is 95.6 Å². The fourth-order valence-electron chi connectivity index (χ4n) is 3.16. The van der Waals surface area contributed by atoms with Gasteiger partial charge in [-0.05, 0) is 45.0 Å². The molecule has 0 aromatic heterocycles. The van der Waals surface area contributed by atoms with Gasteiger partial charge in [0.25, 0.3) is 0 Å². The molecule has 8 heteroatoms. The predicted molar refractivity (Wildman–Crippen MR) is 83.3 cm³/mol. The lowest BCUT2D eigenvalue weighted by atomic mass is 9.99. The number of hydrogen-bond acceptors (Lipinski definition) is 5. The zero-order valence-electron chi connectivity index (χ0n) is 12.8. The van der Waals surface area contributed by atoms with E-state index < -0.39 is 15.7 Å². The Morgan fingerprint density at radius 3 is 2.35 bits per heavy atom. The van der Waals surface area contributed by atoms with Gasteiger partial charge >= 0.3 is 0 Å². The number of nitrogens with zero attached hydrogens (tertiary/aromatic N) is 1. The maximum absolute atomic E-state index is 13.0. The van der Waals surface area contributed by atoms with E-state index in [-0.39, 0.29) is 23.1 Å². The Morgan fingerprint density at radius 1 is 1.17 bits per heavy atom. The quantitative estimate of drug-likeness (QED) is 0.762. The first-order valence-corrected chi connectivity index (χ1v) is 8.95. The third kappa shape index (κ3) is 2.77. The second kappa shape index (κ2) is 5.70. The summed E-state index contributed by atoms with van der Waals surface area (Å²) in [7, 11) is -3.81. The second-order valence-corrected chi connectivity index (χ2v) is 7.78. The van der Waals surface area contributed by atoms with Gasteiger partial charge in [-0.3, -0.25) is 9.59 Å². The number of carbonyl (C=O) groups excluding carboxylic acids is 2. The minimum absolute atomic E-state index is 0.0944. The zero-order chi connectivity index (χ0) is 16.7. The van der Waals surface area contributed by atoms with Crippen molar-refractivity contribution in [1.82, 2.24) is 14.9 Å². The third-order valence-corrected chi connectivity index (χ3v) is 6.34. The van der Waals surface area contributed by atoms with Crippen LogP contribution in [0.1, 0.15) is 30.1 Å². The van der Waals surface area contributed by atoms with Crippen molar-refractivity contribution in [3.63, 3.8) is 0 Å². The molecule has 1 aromatic rings. The number of carbonyl (C=O) groups is 2. The molecule has 2 aliphatic rings. The minimum Gasteiger partial charge on any atom is -0.336 e. The van der Waals surface area contributed by atoms with E-state index in [9.17, 15) is 18.0 Å². The van der Waals surface area contributed by atoms with Crippen molar-refractivity contribution in [2.75, 3.05) is 19.6 Å². The van der Waals surface area contributed by atoms with Crippen LogP contribution in [0.5, 0.6) is 0 Å². The molecule has 0 unspecified atom stereocenters. The average Bonchev–Trinajstić information content (AvgIpc) is 2.84. The number of sulfonamides is 1. The molecule has 0 atom stereocenters. The van der Waals surface area contributed by atoms with E-state index in [1.54, 1.807) is 0 Å². The minimum atomic E-state index is -3.81. The number of Topliss-reactive ketones (excluding diaryl/α,β-unsaturated/α-hetero) is 1. The summed E-state index contributed by atoms with van der Waals surface area (Å²) in [4.78, 5) is 23.3. The lowest BCUT2D eigenvalue weighted by Crippen LogP contribution is -2.59. The number of nitrogens with one attached hydrogen (secondary N) is 2. The van der Waals surface area contributed by atoms with Gasteiger partial charge in [0.2, 0.25) is 15.9 Å². The zero-order valence-corrected chi connectivity index (χ0v) is 13.6. The van der Waals surface area contributed by atoms with Crippen LogP contribution in [0.4, 0.5) is 0 Å². The van der Waals surface area contributed by atoms with Crippen molar-refractivity contribution < 1.29 is 18.0 Å². The predicted octanol–water partition coefficient (Wildman–Crippen LogP) is 0.0894. The fourth-order valence-corrected chi connectivity index (χ4v) is 4.87. The van der Waals surface area contributed by atoms with Crippen LogP contribution in [0.25, 0.3) is 0 Å². The highest BCUT2D eigenvalue weighted by Crippen LogP contribution is 2.33. The number of piperidine rings is 1. The molecule has 124 valence electrons. The van der Waals surface area contributed by atoms with Crippen LogP contribution in [0.2, 0.25) is 0 Å². The highest BCUT2D eigenvalue weighted by atomic mass is 32.2. The van der Waals surface area contributed by atoms with Gasteiger partial charge in [0.05, 0.1) is 11.4 Å². The lowest BCUT2D eigenvalue weighted by Gasteiger charge is -2.39. The number of rotatable bonds is 3. The maximum atomic E-state index is 13.0. The van der Waals surface area contributed by atoms with E-state index in [0.717, 1.165) is 0 Å². The van der Waals surface area contributed by atoms with Gasteiger partial charge in [0.1, 0.15) is 5.66 Å². The smallest absolute Gasteiger partial charge is 0.245 e. The van der Waals surface area contributed by atoms with E-state index in [1.165, 1.54) is 35.5 Å². The normalized spacial score (nSPS) is 21.3. The molecule has 0 aliphatic carbocycles. The third-order valence-electron chi connectivity index (χ3n) is 4.42. The molecule has 0 bridgehead atoms. The highest BCUT2D eigenvalue weighted by molar-refractivity contribution is 7.89. The number of ketones is 1. The number of amides is 1. The van der Waals surface area contributed by atoms with Crippen molar-refractivity contribution in [3.05, 3.63) is 29.8 Å². The summed E-state index contributed by atoms with van der Waals surface area (Å²) in [5.41, 5.74) is -0.392. The number of benzene rings is 1. The Kier molecular flexibility index (Phi) is 3.99. The van der Waals surface area contributed by atoms with E-state index in [0.29, 0.717) is 31.5 Å². The molecule has 2 fully saturated rings.